The molecule has 19 heavy (non-hydrogen) atoms. The molecule has 0 aliphatic heterocycles. The standard InChI is InChI=1S/C15H21NO3/c1-4-11-8-9(2)7-10(3)13(11)14-12(17)5-6-16(19)15(14)18/h4-6,9-11,13,17,19H,1,7-8H2,2-3H3/t9-,10+,11-,13?/m1/s1. The van der Waals surface area contributed by atoms with Gasteiger partial charge in [0.1, 0.15) is 5.75 Å². The second kappa shape index (κ2) is 5.11. The third kappa shape index (κ3) is 2.39. The van der Waals surface area contributed by atoms with Crippen LogP contribution in [0.1, 0.15) is 38.2 Å². The molecule has 1 aromatic heterocycles. The number of rotatable bonds is 2. The van der Waals surface area contributed by atoms with Crippen LogP contribution in [0.15, 0.2) is 29.7 Å². The van der Waals surface area contributed by atoms with E-state index in [4.69, 9.17) is 0 Å². The van der Waals surface area contributed by atoms with Crippen molar-refractivity contribution in [3.63, 3.8) is 0 Å². The summed E-state index contributed by atoms with van der Waals surface area (Å²) in [5, 5.41) is 19.5. The van der Waals surface area contributed by atoms with Gasteiger partial charge in [0.05, 0.1) is 11.8 Å². The van der Waals surface area contributed by atoms with Gasteiger partial charge in [-0.3, -0.25) is 4.79 Å². The van der Waals surface area contributed by atoms with E-state index >= 15 is 0 Å². The predicted molar refractivity (Wildman–Crippen MR) is 73.5 cm³/mol. The van der Waals surface area contributed by atoms with Crippen LogP contribution in [0.2, 0.25) is 0 Å². The van der Waals surface area contributed by atoms with Crippen LogP contribution in [-0.2, 0) is 0 Å². The zero-order valence-electron chi connectivity index (χ0n) is 11.4. The van der Waals surface area contributed by atoms with Crippen LogP contribution in [0.25, 0.3) is 0 Å². The Morgan fingerprint density at radius 1 is 1.42 bits per heavy atom. The lowest BCUT2D eigenvalue weighted by atomic mass is 9.66. The highest BCUT2D eigenvalue weighted by molar-refractivity contribution is 5.34. The summed E-state index contributed by atoms with van der Waals surface area (Å²) in [4.78, 5) is 12.1. The Bertz CT molecular complexity index is 535. The molecule has 1 aromatic rings. The van der Waals surface area contributed by atoms with Crippen LogP contribution in [0, 0.1) is 17.8 Å². The first-order chi connectivity index (χ1) is 8.95. The van der Waals surface area contributed by atoms with Crippen molar-refractivity contribution in [2.75, 3.05) is 0 Å². The van der Waals surface area contributed by atoms with Gasteiger partial charge in [-0.25, -0.2) is 0 Å². The van der Waals surface area contributed by atoms with Gasteiger partial charge >= 0.3 is 0 Å². The van der Waals surface area contributed by atoms with Crippen LogP contribution in [-0.4, -0.2) is 15.0 Å². The molecule has 1 unspecified atom stereocenters. The first kappa shape index (κ1) is 13.7. The Morgan fingerprint density at radius 2 is 2.11 bits per heavy atom. The molecule has 4 nitrogen and oxygen atoms in total. The molecule has 2 N–H and O–H groups in total. The first-order valence-corrected chi connectivity index (χ1v) is 6.72. The van der Waals surface area contributed by atoms with Crippen LogP contribution in [0.5, 0.6) is 5.75 Å². The van der Waals surface area contributed by atoms with E-state index < -0.39 is 5.56 Å². The second-order valence-corrected chi connectivity index (χ2v) is 5.74. The SMILES string of the molecule is C=C[C@@H]1C[C@H](C)C[C@H](C)C1c1c(O)ccn(O)c1=O. The van der Waals surface area contributed by atoms with E-state index in [2.05, 4.69) is 20.4 Å². The van der Waals surface area contributed by atoms with Gasteiger partial charge in [-0.05, 0) is 30.6 Å². The van der Waals surface area contributed by atoms with E-state index in [0.29, 0.717) is 16.2 Å². The maximum Gasteiger partial charge on any atom is 0.290 e. The van der Waals surface area contributed by atoms with Gasteiger partial charge < -0.3 is 10.3 Å². The van der Waals surface area contributed by atoms with E-state index in [1.54, 1.807) is 0 Å². The number of hydrogen-bond donors (Lipinski definition) is 2. The van der Waals surface area contributed by atoms with Crippen molar-refractivity contribution >= 4 is 0 Å². The number of aromatic nitrogens is 1. The summed E-state index contributed by atoms with van der Waals surface area (Å²) in [6.45, 7) is 8.14. The molecule has 1 fully saturated rings. The van der Waals surface area contributed by atoms with Crippen molar-refractivity contribution in [1.82, 2.24) is 4.73 Å². The molecule has 104 valence electrons. The fourth-order valence-corrected chi connectivity index (χ4v) is 3.50. The van der Waals surface area contributed by atoms with Crippen molar-refractivity contribution in [2.24, 2.45) is 17.8 Å². The minimum absolute atomic E-state index is 0.0337. The highest BCUT2D eigenvalue weighted by Gasteiger charge is 2.36. The average molecular weight is 263 g/mol. The summed E-state index contributed by atoms with van der Waals surface area (Å²) in [6, 6.07) is 1.36. The Hall–Kier alpha value is -1.71. The van der Waals surface area contributed by atoms with Crippen molar-refractivity contribution in [3.05, 3.63) is 40.8 Å². The highest BCUT2D eigenvalue weighted by Crippen LogP contribution is 2.45. The summed E-state index contributed by atoms with van der Waals surface area (Å²) < 4.78 is 0.542. The fraction of sp³-hybridized carbons (Fsp3) is 0.533. The molecule has 0 amide bonds. The summed E-state index contributed by atoms with van der Waals surface area (Å²) in [7, 11) is 0. The van der Waals surface area contributed by atoms with E-state index in [0.717, 1.165) is 12.8 Å². The molecule has 0 bridgehead atoms. The quantitative estimate of drug-likeness (QED) is 0.637. The number of nitrogens with zero attached hydrogens (tertiary/aromatic N) is 1. The van der Waals surface area contributed by atoms with Crippen molar-refractivity contribution in [1.29, 1.82) is 0 Å². The summed E-state index contributed by atoms with van der Waals surface area (Å²) >= 11 is 0. The van der Waals surface area contributed by atoms with Gasteiger partial charge in [-0.2, -0.15) is 4.73 Å². The van der Waals surface area contributed by atoms with Gasteiger partial charge in [-0.1, -0.05) is 19.9 Å². The normalized spacial score (nSPS) is 31.1. The molecule has 0 aromatic carbocycles. The minimum atomic E-state index is -0.529. The maximum absolute atomic E-state index is 12.1. The van der Waals surface area contributed by atoms with E-state index in [1.165, 1.54) is 12.3 Å². The molecule has 1 aliphatic carbocycles. The third-order valence-corrected chi connectivity index (χ3v) is 4.25. The number of aromatic hydroxyl groups is 1. The van der Waals surface area contributed by atoms with Crippen LogP contribution >= 0.6 is 0 Å². The molecule has 1 aliphatic rings. The molecule has 0 spiro atoms. The molecular formula is C15H21NO3. The first-order valence-electron chi connectivity index (χ1n) is 6.72. The number of allylic oxidation sites excluding steroid dienone is 1. The maximum atomic E-state index is 12.1. The molecule has 0 saturated heterocycles. The third-order valence-electron chi connectivity index (χ3n) is 4.25. The van der Waals surface area contributed by atoms with Gasteiger partial charge in [0.15, 0.2) is 0 Å². The van der Waals surface area contributed by atoms with E-state index in [9.17, 15) is 15.1 Å². The predicted octanol–water partition coefficient (Wildman–Crippen LogP) is 2.74. The molecule has 1 saturated carbocycles. The lowest BCUT2D eigenvalue weighted by Crippen LogP contribution is -2.33. The number of pyridine rings is 1. The van der Waals surface area contributed by atoms with Crippen LogP contribution in [0.4, 0.5) is 0 Å². The smallest absolute Gasteiger partial charge is 0.290 e. The Labute approximate surface area is 113 Å². The van der Waals surface area contributed by atoms with Crippen molar-refractivity contribution in [2.45, 2.75) is 32.6 Å². The van der Waals surface area contributed by atoms with Crippen LogP contribution < -0.4 is 5.56 Å². The Kier molecular flexibility index (Phi) is 3.69. The summed E-state index contributed by atoms with van der Waals surface area (Å²) in [5.41, 5.74) is -0.215. The Morgan fingerprint density at radius 3 is 2.74 bits per heavy atom. The molecule has 4 heteroatoms. The monoisotopic (exact) mass is 263 g/mol. The van der Waals surface area contributed by atoms with Crippen molar-refractivity contribution in [3.8, 4) is 5.75 Å². The van der Waals surface area contributed by atoms with Crippen molar-refractivity contribution < 1.29 is 10.3 Å². The fourth-order valence-electron chi connectivity index (χ4n) is 3.50. The number of hydrogen-bond acceptors (Lipinski definition) is 3. The molecule has 4 atom stereocenters. The van der Waals surface area contributed by atoms with E-state index in [1.807, 2.05) is 6.08 Å². The van der Waals surface area contributed by atoms with E-state index in [-0.39, 0.29) is 23.5 Å². The largest absolute Gasteiger partial charge is 0.507 e. The molecule has 0 radical (unpaired) electrons. The molecular weight excluding hydrogens is 242 g/mol. The summed E-state index contributed by atoms with van der Waals surface area (Å²) in [5.74, 6) is 0.887. The van der Waals surface area contributed by atoms with Gasteiger partial charge in [0.2, 0.25) is 0 Å². The lowest BCUT2D eigenvalue weighted by Gasteiger charge is -2.38. The minimum Gasteiger partial charge on any atom is -0.507 e. The average Bonchev–Trinajstić information content (AvgIpc) is 2.36. The Balaban J connectivity index is 2.53. The second-order valence-electron chi connectivity index (χ2n) is 5.74. The zero-order valence-corrected chi connectivity index (χ0v) is 11.4. The molecule has 2 rings (SSSR count). The highest BCUT2D eigenvalue weighted by atomic mass is 16.5. The zero-order chi connectivity index (χ0) is 14.2. The van der Waals surface area contributed by atoms with Gasteiger partial charge in [0.25, 0.3) is 5.56 Å². The molecule has 1 heterocycles. The summed E-state index contributed by atoms with van der Waals surface area (Å²) in [6.07, 6.45) is 5.00. The van der Waals surface area contributed by atoms with Crippen LogP contribution in [0.3, 0.4) is 0 Å². The van der Waals surface area contributed by atoms with Gasteiger partial charge in [-0.15, -0.1) is 6.58 Å². The topological polar surface area (TPSA) is 62.5 Å². The lowest BCUT2D eigenvalue weighted by molar-refractivity contribution is 0.164. The van der Waals surface area contributed by atoms with Gasteiger partial charge in [0, 0.05) is 12.0 Å².